The summed E-state index contributed by atoms with van der Waals surface area (Å²) >= 11 is 5.97. The van der Waals surface area contributed by atoms with E-state index in [9.17, 15) is 14.9 Å². The Labute approximate surface area is 147 Å². The molecule has 1 heterocycles. The van der Waals surface area contributed by atoms with Crippen LogP contribution in [0.1, 0.15) is 21.6 Å². The zero-order valence-corrected chi connectivity index (χ0v) is 13.9. The van der Waals surface area contributed by atoms with Crippen molar-refractivity contribution in [3.63, 3.8) is 0 Å². The number of aryl methyl sites for hydroxylation is 1. The number of nitrogens with zero attached hydrogens (tertiary/aromatic N) is 3. The molecule has 0 bridgehead atoms. The van der Waals surface area contributed by atoms with Crippen molar-refractivity contribution in [3.05, 3.63) is 68.4 Å². The average molecular weight is 360 g/mol. The Balaban J connectivity index is 2.16. The predicted molar refractivity (Wildman–Crippen MR) is 93.3 cm³/mol. The predicted octanol–water partition coefficient (Wildman–Crippen LogP) is 2.56. The zero-order valence-electron chi connectivity index (χ0n) is 13.2. The van der Waals surface area contributed by atoms with Crippen molar-refractivity contribution >= 4 is 34.1 Å². The molecule has 9 heteroatoms. The maximum Gasteiger partial charge on any atom is 0.286 e. The monoisotopic (exact) mass is 359 g/mol. The van der Waals surface area contributed by atoms with Crippen LogP contribution in [-0.4, -0.2) is 20.6 Å². The standard InChI is InChI=1S/C16H14ClN5O3/c1-9-6-11(17)3-2-10(9)8-21-14-7-12(22(24)25)4-5-13(14)15(20-21)16(23)19-18/h2-7H,8,18H2,1H3,(H,19,23). The van der Waals surface area contributed by atoms with E-state index in [0.29, 0.717) is 22.5 Å². The fourth-order valence-corrected chi connectivity index (χ4v) is 2.86. The van der Waals surface area contributed by atoms with Gasteiger partial charge in [0.05, 0.1) is 17.0 Å². The molecule has 0 saturated heterocycles. The van der Waals surface area contributed by atoms with Crippen molar-refractivity contribution in [1.82, 2.24) is 15.2 Å². The van der Waals surface area contributed by atoms with Crippen LogP contribution < -0.4 is 11.3 Å². The number of carbonyl (C=O) groups is 1. The normalized spacial score (nSPS) is 10.8. The van der Waals surface area contributed by atoms with Crippen LogP contribution in [0.4, 0.5) is 5.69 Å². The summed E-state index contributed by atoms with van der Waals surface area (Å²) in [7, 11) is 0. The number of hydrogen-bond donors (Lipinski definition) is 2. The van der Waals surface area contributed by atoms with E-state index in [1.165, 1.54) is 18.2 Å². The van der Waals surface area contributed by atoms with Crippen LogP contribution in [0, 0.1) is 17.0 Å². The van der Waals surface area contributed by atoms with Crippen LogP contribution in [0.3, 0.4) is 0 Å². The van der Waals surface area contributed by atoms with Crippen LogP contribution >= 0.6 is 11.6 Å². The quantitative estimate of drug-likeness (QED) is 0.321. The molecule has 1 amide bonds. The highest BCUT2D eigenvalue weighted by Gasteiger charge is 2.19. The van der Waals surface area contributed by atoms with E-state index < -0.39 is 10.8 Å². The molecule has 3 aromatic rings. The molecule has 2 aromatic carbocycles. The minimum absolute atomic E-state index is 0.0822. The van der Waals surface area contributed by atoms with Gasteiger partial charge < -0.3 is 0 Å². The summed E-state index contributed by atoms with van der Waals surface area (Å²) in [6, 6.07) is 9.64. The van der Waals surface area contributed by atoms with Crippen LogP contribution in [0.5, 0.6) is 0 Å². The molecular formula is C16H14ClN5O3. The summed E-state index contributed by atoms with van der Waals surface area (Å²) in [5, 5.41) is 16.5. The van der Waals surface area contributed by atoms with Gasteiger partial charge >= 0.3 is 0 Å². The van der Waals surface area contributed by atoms with Gasteiger partial charge in [0.2, 0.25) is 0 Å². The highest BCUT2D eigenvalue weighted by molar-refractivity contribution is 6.30. The van der Waals surface area contributed by atoms with Crippen LogP contribution in [0.25, 0.3) is 10.9 Å². The van der Waals surface area contributed by atoms with Crippen molar-refractivity contribution in [2.45, 2.75) is 13.5 Å². The lowest BCUT2D eigenvalue weighted by Gasteiger charge is -2.07. The molecule has 0 atom stereocenters. The molecule has 3 rings (SSSR count). The maximum absolute atomic E-state index is 12.0. The van der Waals surface area contributed by atoms with E-state index in [2.05, 4.69) is 5.10 Å². The number of amides is 1. The molecule has 8 nitrogen and oxygen atoms in total. The number of halogens is 1. The zero-order chi connectivity index (χ0) is 18.1. The van der Waals surface area contributed by atoms with E-state index in [4.69, 9.17) is 17.4 Å². The second kappa shape index (κ2) is 6.50. The first kappa shape index (κ1) is 16.9. The molecule has 0 aliphatic rings. The van der Waals surface area contributed by atoms with E-state index in [0.717, 1.165) is 11.1 Å². The number of benzene rings is 2. The number of non-ortho nitro benzene ring substituents is 1. The number of nitrogen functional groups attached to an aromatic ring is 1. The summed E-state index contributed by atoms with van der Waals surface area (Å²) in [6.07, 6.45) is 0. The largest absolute Gasteiger partial charge is 0.289 e. The average Bonchev–Trinajstić information content (AvgIpc) is 2.94. The van der Waals surface area contributed by atoms with Crippen molar-refractivity contribution in [2.75, 3.05) is 0 Å². The molecule has 0 aliphatic heterocycles. The molecule has 3 N–H and O–H groups in total. The smallest absolute Gasteiger partial charge is 0.286 e. The number of rotatable bonds is 4. The van der Waals surface area contributed by atoms with Gasteiger partial charge in [-0.1, -0.05) is 17.7 Å². The Morgan fingerprint density at radius 2 is 2.12 bits per heavy atom. The minimum atomic E-state index is -0.564. The number of fused-ring (bicyclic) bond motifs is 1. The third kappa shape index (κ3) is 3.17. The summed E-state index contributed by atoms with van der Waals surface area (Å²) in [5.41, 5.74) is 4.42. The van der Waals surface area contributed by atoms with Crippen molar-refractivity contribution in [3.8, 4) is 0 Å². The summed E-state index contributed by atoms with van der Waals surface area (Å²) in [4.78, 5) is 22.5. The number of nitro groups is 1. The van der Waals surface area contributed by atoms with Gasteiger partial charge in [-0.05, 0) is 36.2 Å². The topological polar surface area (TPSA) is 116 Å². The molecular weight excluding hydrogens is 346 g/mol. The number of nitrogens with one attached hydrogen (secondary N) is 1. The Kier molecular flexibility index (Phi) is 4.39. The Morgan fingerprint density at radius 1 is 1.36 bits per heavy atom. The fraction of sp³-hybridized carbons (Fsp3) is 0.125. The third-order valence-electron chi connectivity index (χ3n) is 3.92. The van der Waals surface area contributed by atoms with Crippen LogP contribution in [0.15, 0.2) is 36.4 Å². The molecule has 1 aromatic heterocycles. The van der Waals surface area contributed by atoms with Gasteiger partial charge in [-0.2, -0.15) is 5.10 Å². The lowest BCUT2D eigenvalue weighted by Crippen LogP contribution is -2.30. The number of aromatic nitrogens is 2. The SMILES string of the molecule is Cc1cc(Cl)ccc1Cn1nc(C(=O)NN)c2ccc([N+](=O)[O-])cc21. The minimum Gasteiger partial charge on any atom is -0.289 e. The second-order valence-corrected chi connectivity index (χ2v) is 5.95. The molecule has 0 unspecified atom stereocenters. The van der Waals surface area contributed by atoms with E-state index in [-0.39, 0.29) is 11.4 Å². The first-order chi connectivity index (χ1) is 11.9. The Hall–Kier alpha value is -2.97. The summed E-state index contributed by atoms with van der Waals surface area (Å²) in [6.45, 7) is 2.24. The molecule has 0 aliphatic carbocycles. The number of hydrazine groups is 1. The lowest BCUT2D eigenvalue weighted by molar-refractivity contribution is -0.384. The third-order valence-corrected chi connectivity index (χ3v) is 4.15. The van der Waals surface area contributed by atoms with Crippen molar-refractivity contribution < 1.29 is 9.72 Å². The molecule has 0 spiro atoms. The molecule has 0 saturated carbocycles. The highest BCUT2D eigenvalue weighted by atomic mass is 35.5. The molecule has 25 heavy (non-hydrogen) atoms. The summed E-state index contributed by atoms with van der Waals surface area (Å²) in [5.74, 6) is 4.64. The lowest BCUT2D eigenvalue weighted by atomic mass is 10.1. The van der Waals surface area contributed by atoms with Crippen molar-refractivity contribution in [1.29, 1.82) is 0 Å². The van der Waals surface area contributed by atoms with E-state index >= 15 is 0 Å². The van der Waals surface area contributed by atoms with Crippen LogP contribution in [0.2, 0.25) is 5.02 Å². The maximum atomic E-state index is 12.0. The fourth-order valence-electron chi connectivity index (χ4n) is 2.63. The van der Waals surface area contributed by atoms with E-state index in [1.807, 2.05) is 24.5 Å². The van der Waals surface area contributed by atoms with Gasteiger partial charge in [0.15, 0.2) is 5.69 Å². The van der Waals surface area contributed by atoms with Gasteiger partial charge in [-0.15, -0.1) is 0 Å². The Morgan fingerprint density at radius 3 is 2.76 bits per heavy atom. The first-order valence-electron chi connectivity index (χ1n) is 7.31. The number of nitro benzene ring substituents is 1. The van der Waals surface area contributed by atoms with Crippen molar-refractivity contribution in [2.24, 2.45) is 5.84 Å². The second-order valence-electron chi connectivity index (χ2n) is 5.51. The van der Waals surface area contributed by atoms with Gasteiger partial charge in [0.25, 0.3) is 11.6 Å². The molecule has 0 fully saturated rings. The van der Waals surface area contributed by atoms with Gasteiger partial charge in [0, 0.05) is 22.5 Å². The first-order valence-corrected chi connectivity index (χ1v) is 7.69. The van der Waals surface area contributed by atoms with E-state index in [1.54, 1.807) is 10.7 Å². The highest BCUT2D eigenvalue weighted by Crippen LogP contribution is 2.25. The number of hydrogen-bond acceptors (Lipinski definition) is 5. The summed E-state index contributed by atoms with van der Waals surface area (Å²) < 4.78 is 1.54. The van der Waals surface area contributed by atoms with Gasteiger partial charge in [-0.3, -0.25) is 25.0 Å². The molecule has 0 radical (unpaired) electrons. The number of carbonyl (C=O) groups excluding carboxylic acids is 1. The number of nitrogens with two attached hydrogens (primary N) is 1. The van der Waals surface area contributed by atoms with Gasteiger partial charge in [-0.25, -0.2) is 5.84 Å². The molecule has 128 valence electrons. The Bertz CT molecular complexity index is 999. The van der Waals surface area contributed by atoms with Crippen LogP contribution in [-0.2, 0) is 6.54 Å². The van der Waals surface area contributed by atoms with Gasteiger partial charge in [0.1, 0.15) is 0 Å².